The van der Waals surface area contributed by atoms with E-state index in [1.165, 1.54) is 11.6 Å². The first-order chi connectivity index (χ1) is 11.1. The number of nitrogens with zero attached hydrogens (tertiary/aromatic N) is 1. The predicted molar refractivity (Wildman–Crippen MR) is 95.7 cm³/mol. The second kappa shape index (κ2) is 7.09. The summed E-state index contributed by atoms with van der Waals surface area (Å²) < 4.78 is 13.5. The van der Waals surface area contributed by atoms with Crippen LogP contribution in [-0.4, -0.2) is 16.6 Å². The van der Waals surface area contributed by atoms with Crippen molar-refractivity contribution >= 4 is 17.3 Å². The fraction of sp³-hybridized carbons (Fsp3) is 0.316. The van der Waals surface area contributed by atoms with Crippen LogP contribution in [0.5, 0.6) is 0 Å². The summed E-state index contributed by atoms with van der Waals surface area (Å²) in [5.41, 5.74) is 2.20. The summed E-state index contributed by atoms with van der Waals surface area (Å²) in [6.07, 6.45) is 2.08. The molecular formula is C19H21FN2S. The van der Waals surface area contributed by atoms with Crippen molar-refractivity contribution in [2.24, 2.45) is 0 Å². The van der Waals surface area contributed by atoms with Crippen LogP contribution < -0.4 is 5.32 Å². The quantitative estimate of drug-likeness (QED) is 0.829. The van der Waals surface area contributed by atoms with Gasteiger partial charge in [0.05, 0.1) is 12.1 Å². The first-order valence-electron chi connectivity index (χ1n) is 8.02. The molecule has 0 bridgehead atoms. The van der Waals surface area contributed by atoms with Gasteiger partial charge in [0.1, 0.15) is 5.82 Å². The van der Waals surface area contributed by atoms with Gasteiger partial charge in [0.15, 0.2) is 5.11 Å². The van der Waals surface area contributed by atoms with E-state index in [0.29, 0.717) is 0 Å². The van der Waals surface area contributed by atoms with Crippen molar-refractivity contribution in [3.63, 3.8) is 0 Å². The normalized spacial score (nSPS) is 18.7. The van der Waals surface area contributed by atoms with Crippen LogP contribution in [0.3, 0.4) is 0 Å². The molecule has 0 aliphatic carbocycles. The Labute approximate surface area is 142 Å². The van der Waals surface area contributed by atoms with Gasteiger partial charge in [-0.25, -0.2) is 4.39 Å². The van der Waals surface area contributed by atoms with Crippen LogP contribution >= 0.6 is 12.2 Å². The summed E-state index contributed by atoms with van der Waals surface area (Å²) in [5.74, 6) is -0.189. The zero-order valence-corrected chi connectivity index (χ0v) is 14.0. The Balaban J connectivity index is 1.71. The first kappa shape index (κ1) is 15.9. The molecule has 1 aliphatic heterocycles. The lowest BCUT2D eigenvalue weighted by atomic mass is 10.0. The van der Waals surface area contributed by atoms with Gasteiger partial charge in [-0.05, 0) is 55.2 Å². The highest BCUT2D eigenvalue weighted by atomic mass is 32.1. The second-order valence-corrected chi connectivity index (χ2v) is 6.37. The van der Waals surface area contributed by atoms with E-state index in [1.807, 2.05) is 24.3 Å². The van der Waals surface area contributed by atoms with Gasteiger partial charge in [-0.2, -0.15) is 0 Å². The van der Waals surface area contributed by atoms with E-state index in [2.05, 4.69) is 29.3 Å². The molecule has 1 heterocycles. The number of likely N-dealkylation sites (tertiary alicyclic amines) is 1. The average molecular weight is 328 g/mol. The molecule has 0 amide bonds. The van der Waals surface area contributed by atoms with Crippen LogP contribution in [0.25, 0.3) is 0 Å². The monoisotopic (exact) mass is 328 g/mol. The van der Waals surface area contributed by atoms with Gasteiger partial charge in [0.2, 0.25) is 0 Å². The molecular weight excluding hydrogens is 307 g/mol. The van der Waals surface area contributed by atoms with E-state index in [-0.39, 0.29) is 17.9 Å². The molecule has 2 aromatic rings. The molecule has 23 heavy (non-hydrogen) atoms. The van der Waals surface area contributed by atoms with Gasteiger partial charge in [-0.3, -0.25) is 0 Å². The minimum Gasteiger partial charge on any atom is -0.356 e. The maximum atomic E-state index is 13.5. The summed E-state index contributed by atoms with van der Waals surface area (Å²) in [5, 5.41) is 4.16. The summed E-state index contributed by atoms with van der Waals surface area (Å²) >= 11 is 5.62. The molecule has 1 aliphatic rings. The molecule has 2 nitrogen and oxygen atoms in total. The molecule has 4 heteroatoms. The Hall–Kier alpha value is -1.94. The molecule has 0 radical (unpaired) electrons. The minimum absolute atomic E-state index is 0.150. The largest absolute Gasteiger partial charge is 0.356 e. The lowest BCUT2D eigenvalue weighted by Crippen LogP contribution is -2.40. The Morgan fingerprint density at radius 3 is 2.74 bits per heavy atom. The van der Waals surface area contributed by atoms with Gasteiger partial charge in [-0.15, -0.1) is 0 Å². The van der Waals surface area contributed by atoms with Gasteiger partial charge in [0, 0.05) is 6.54 Å². The number of hydrogen-bond acceptors (Lipinski definition) is 1. The maximum absolute atomic E-state index is 13.5. The Kier molecular flexibility index (Phi) is 4.91. The summed E-state index contributed by atoms with van der Waals surface area (Å²) in [6.45, 7) is 3.02. The number of benzene rings is 2. The lowest BCUT2D eigenvalue weighted by Gasteiger charge is -2.30. The number of rotatable bonds is 3. The number of halogens is 1. The van der Waals surface area contributed by atoms with Crippen molar-refractivity contribution in [1.29, 1.82) is 0 Å². The van der Waals surface area contributed by atoms with Crippen LogP contribution in [0.15, 0.2) is 54.6 Å². The van der Waals surface area contributed by atoms with Crippen molar-refractivity contribution in [3.05, 3.63) is 71.5 Å². The van der Waals surface area contributed by atoms with Crippen molar-refractivity contribution in [1.82, 2.24) is 10.2 Å². The van der Waals surface area contributed by atoms with Crippen LogP contribution in [0, 0.1) is 5.82 Å². The molecule has 0 unspecified atom stereocenters. The van der Waals surface area contributed by atoms with E-state index in [4.69, 9.17) is 12.2 Å². The van der Waals surface area contributed by atoms with Crippen molar-refractivity contribution in [2.45, 2.75) is 31.8 Å². The van der Waals surface area contributed by atoms with Gasteiger partial charge in [-0.1, -0.05) is 42.5 Å². The molecule has 2 atom stereocenters. The maximum Gasteiger partial charge on any atom is 0.169 e. The molecule has 120 valence electrons. The smallest absolute Gasteiger partial charge is 0.169 e. The third-order valence-electron chi connectivity index (χ3n) is 4.39. The van der Waals surface area contributed by atoms with E-state index in [1.54, 1.807) is 12.1 Å². The number of thiocarbonyl (C=S) groups is 1. The van der Waals surface area contributed by atoms with Crippen molar-refractivity contribution in [3.8, 4) is 0 Å². The van der Waals surface area contributed by atoms with Crippen molar-refractivity contribution in [2.75, 3.05) is 6.54 Å². The lowest BCUT2D eigenvalue weighted by molar-refractivity contribution is 0.387. The van der Waals surface area contributed by atoms with Crippen molar-refractivity contribution < 1.29 is 4.39 Å². The molecule has 1 saturated heterocycles. The second-order valence-electron chi connectivity index (χ2n) is 5.99. The number of nitrogens with one attached hydrogen (secondary N) is 1. The fourth-order valence-corrected chi connectivity index (χ4v) is 3.56. The van der Waals surface area contributed by atoms with Crippen LogP contribution in [0.1, 0.15) is 43.0 Å². The third kappa shape index (κ3) is 3.70. The summed E-state index contributed by atoms with van der Waals surface area (Å²) in [6, 6.07) is 17.4. The van der Waals surface area contributed by atoms with Crippen LogP contribution in [0.2, 0.25) is 0 Å². The summed E-state index contributed by atoms with van der Waals surface area (Å²) in [4.78, 5) is 2.18. The molecule has 3 rings (SSSR count). The predicted octanol–water partition coefficient (Wildman–Crippen LogP) is 4.60. The number of hydrogen-bond donors (Lipinski definition) is 1. The molecule has 1 fully saturated rings. The topological polar surface area (TPSA) is 15.3 Å². The fourth-order valence-electron chi connectivity index (χ4n) is 3.16. The van der Waals surface area contributed by atoms with E-state index in [9.17, 15) is 4.39 Å². The van der Waals surface area contributed by atoms with E-state index >= 15 is 0 Å². The Morgan fingerprint density at radius 1 is 1.22 bits per heavy atom. The molecule has 0 spiro atoms. The van der Waals surface area contributed by atoms with Crippen LogP contribution in [0.4, 0.5) is 4.39 Å². The zero-order chi connectivity index (χ0) is 16.2. The van der Waals surface area contributed by atoms with Gasteiger partial charge < -0.3 is 10.2 Å². The standard InChI is InChI=1S/C19H21FN2S/c1-14(15-7-3-2-4-8-15)21-19(23)22-12-6-11-18(22)16-9-5-10-17(20)13-16/h2-5,7-10,13-14,18H,6,11-12H2,1H3,(H,21,23)/t14-,18-/m1/s1. The SMILES string of the molecule is C[C@@H](NC(=S)N1CCC[C@@H]1c1cccc(F)c1)c1ccccc1. The van der Waals surface area contributed by atoms with Gasteiger partial charge >= 0.3 is 0 Å². The van der Waals surface area contributed by atoms with Gasteiger partial charge in [0.25, 0.3) is 0 Å². The minimum atomic E-state index is -0.189. The van der Waals surface area contributed by atoms with E-state index < -0.39 is 0 Å². The highest BCUT2D eigenvalue weighted by Gasteiger charge is 2.28. The van der Waals surface area contributed by atoms with E-state index in [0.717, 1.165) is 30.1 Å². The highest BCUT2D eigenvalue weighted by molar-refractivity contribution is 7.80. The molecule has 2 aromatic carbocycles. The Morgan fingerprint density at radius 2 is 2.00 bits per heavy atom. The van der Waals surface area contributed by atoms with Crippen LogP contribution in [-0.2, 0) is 0 Å². The first-order valence-corrected chi connectivity index (χ1v) is 8.43. The molecule has 0 aromatic heterocycles. The molecule has 1 N–H and O–H groups in total. The highest BCUT2D eigenvalue weighted by Crippen LogP contribution is 2.32. The zero-order valence-electron chi connectivity index (χ0n) is 13.2. The summed E-state index contributed by atoms with van der Waals surface area (Å²) in [7, 11) is 0. The Bertz CT molecular complexity index is 674. The third-order valence-corrected chi connectivity index (χ3v) is 4.74. The molecule has 0 saturated carbocycles. The average Bonchev–Trinajstić information content (AvgIpc) is 3.05.